The van der Waals surface area contributed by atoms with Crippen LogP contribution in [0.4, 0.5) is 0 Å². The highest BCUT2D eigenvalue weighted by atomic mass is 35.5. The van der Waals surface area contributed by atoms with E-state index in [1.807, 2.05) is 19.2 Å². The van der Waals surface area contributed by atoms with E-state index in [1.165, 1.54) is 10.4 Å². The van der Waals surface area contributed by atoms with Gasteiger partial charge in [-0.2, -0.15) is 0 Å². The van der Waals surface area contributed by atoms with Crippen LogP contribution >= 0.6 is 22.9 Å². The molecular weight excluding hydrogens is 294 g/mol. The first-order chi connectivity index (χ1) is 9.62. The maximum Gasteiger partial charge on any atom is 0.179 e. The Morgan fingerprint density at radius 3 is 2.50 bits per heavy atom. The quantitative estimate of drug-likeness (QED) is 0.904. The van der Waals surface area contributed by atoms with Gasteiger partial charge in [0.05, 0.1) is 25.3 Å². The van der Waals surface area contributed by atoms with Crippen molar-refractivity contribution in [2.75, 3.05) is 21.3 Å². The highest BCUT2D eigenvalue weighted by Gasteiger charge is 2.19. The highest BCUT2D eigenvalue weighted by molar-refractivity contribution is 7.10. The van der Waals surface area contributed by atoms with Gasteiger partial charge in [0.25, 0.3) is 0 Å². The zero-order valence-electron chi connectivity index (χ0n) is 12.0. The van der Waals surface area contributed by atoms with Crippen molar-refractivity contribution in [1.82, 2.24) is 5.32 Å². The number of nitrogens with one attached hydrogen (secondary N) is 1. The predicted octanol–water partition coefficient (Wildman–Crippen LogP) is 4.04. The molecule has 20 heavy (non-hydrogen) atoms. The normalized spacial score (nSPS) is 12.2. The minimum absolute atomic E-state index is 0.0901. The third kappa shape index (κ3) is 2.77. The van der Waals surface area contributed by atoms with E-state index in [-0.39, 0.29) is 6.04 Å². The summed E-state index contributed by atoms with van der Waals surface area (Å²) >= 11 is 8.01. The lowest BCUT2D eigenvalue weighted by Gasteiger charge is -2.19. The summed E-state index contributed by atoms with van der Waals surface area (Å²) in [6.45, 7) is 2.11. The fourth-order valence-corrected chi connectivity index (χ4v) is 3.59. The van der Waals surface area contributed by atoms with Gasteiger partial charge in [0, 0.05) is 4.88 Å². The van der Waals surface area contributed by atoms with Gasteiger partial charge >= 0.3 is 0 Å². The molecule has 5 heteroatoms. The van der Waals surface area contributed by atoms with Crippen LogP contribution in [0.25, 0.3) is 0 Å². The van der Waals surface area contributed by atoms with Crippen LogP contribution in [0.3, 0.4) is 0 Å². The van der Waals surface area contributed by atoms with Crippen molar-refractivity contribution in [3.05, 3.63) is 44.6 Å². The largest absolute Gasteiger partial charge is 0.493 e. The molecule has 1 heterocycles. The van der Waals surface area contributed by atoms with Crippen LogP contribution in [0.2, 0.25) is 5.02 Å². The fraction of sp³-hybridized carbons (Fsp3) is 0.333. The van der Waals surface area contributed by atoms with Crippen LogP contribution in [-0.2, 0) is 0 Å². The summed E-state index contributed by atoms with van der Waals surface area (Å²) in [6, 6.07) is 6.09. The summed E-state index contributed by atoms with van der Waals surface area (Å²) in [5, 5.41) is 5.98. The van der Waals surface area contributed by atoms with Gasteiger partial charge < -0.3 is 14.8 Å². The van der Waals surface area contributed by atoms with Crippen LogP contribution in [-0.4, -0.2) is 21.3 Å². The van der Waals surface area contributed by atoms with E-state index in [1.54, 1.807) is 25.6 Å². The Balaban J connectivity index is 2.51. The minimum atomic E-state index is 0.0901. The first-order valence-electron chi connectivity index (χ1n) is 6.25. The second-order valence-corrected chi connectivity index (χ2v) is 5.78. The summed E-state index contributed by atoms with van der Waals surface area (Å²) < 4.78 is 10.6. The second-order valence-electron chi connectivity index (χ2n) is 4.43. The maximum absolute atomic E-state index is 6.29. The lowest BCUT2D eigenvalue weighted by molar-refractivity contribution is 0.354. The summed E-state index contributed by atoms with van der Waals surface area (Å²) in [4.78, 5) is 1.27. The van der Waals surface area contributed by atoms with Gasteiger partial charge in [-0.05, 0) is 48.7 Å². The molecule has 1 N–H and O–H groups in total. The Hall–Kier alpha value is -1.23. The molecule has 3 nitrogen and oxygen atoms in total. The number of hydrogen-bond donors (Lipinski definition) is 1. The number of methoxy groups -OCH3 is 2. The Labute approximate surface area is 128 Å². The fourth-order valence-electron chi connectivity index (χ4n) is 2.23. The van der Waals surface area contributed by atoms with Crippen LogP contribution in [0, 0.1) is 6.92 Å². The molecule has 0 aliphatic rings. The molecule has 1 unspecified atom stereocenters. The first kappa shape index (κ1) is 15.2. The molecule has 1 atom stereocenters. The van der Waals surface area contributed by atoms with Crippen LogP contribution in [0.15, 0.2) is 23.6 Å². The molecule has 0 spiro atoms. The van der Waals surface area contributed by atoms with E-state index in [4.69, 9.17) is 21.1 Å². The Bertz CT molecular complexity index is 598. The number of aryl methyl sites for hydroxylation is 1. The molecule has 0 saturated carbocycles. The van der Waals surface area contributed by atoms with E-state index >= 15 is 0 Å². The number of hydrogen-bond acceptors (Lipinski definition) is 4. The lowest BCUT2D eigenvalue weighted by Crippen LogP contribution is -2.17. The SMILES string of the molecule is CNC(c1cc(Cl)c(OC)c(OC)c1)c1sccc1C. The van der Waals surface area contributed by atoms with E-state index in [0.717, 1.165) is 5.56 Å². The molecule has 0 radical (unpaired) electrons. The van der Waals surface area contributed by atoms with Gasteiger partial charge in [0.15, 0.2) is 11.5 Å². The van der Waals surface area contributed by atoms with Gasteiger partial charge in [0.2, 0.25) is 0 Å². The summed E-state index contributed by atoms with van der Waals surface area (Å²) in [5.74, 6) is 1.21. The van der Waals surface area contributed by atoms with Crippen molar-refractivity contribution in [2.24, 2.45) is 0 Å². The Kier molecular flexibility index (Phi) is 4.91. The number of benzene rings is 1. The van der Waals surface area contributed by atoms with Crippen LogP contribution in [0.1, 0.15) is 22.0 Å². The van der Waals surface area contributed by atoms with Crippen molar-refractivity contribution in [3.8, 4) is 11.5 Å². The molecule has 0 amide bonds. The van der Waals surface area contributed by atoms with Gasteiger partial charge in [-0.1, -0.05) is 11.6 Å². The predicted molar refractivity (Wildman–Crippen MR) is 84.5 cm³/mol. The smallest absolute Gasteiger partial charge is 0.179 e. The summed E-state index contributed by atoms with van der Waals surface area (Å²) in [7, 11) is 5.14. The standard InChI is InChI=1S/C15H18ClNO2S/c1-9-5-6-20-15(9)13(17-2)10-7-11(16)14(19-4)12(8-10)18-3/h5-8,13,17H,1-4H3. The van der Waals surface area contributed by atoms with Gasteiger partial charge in [-0.25, -0.2) is 0 Å². The van der Waals surface area contributed by atoms with Gasteiger partial charge in [-0.15, -0.1) is 11.3 Å². The number of halogens is 1. The zero-order valence-corrected chi connectivity index (χ0v) is 13.6. The Morgan fingerprint density at radius 1 is 1.25 bits per heavy atom. The van der Waals surface area contributed by atoms with E-state index in [0.29, 0.717) is 16.5 Å². The molecule has 2 rings (SSSR count). The Morgan fingerprint density at radius 2 is 2.00 bits per heavy atom. The number of thiophene rings is 1. The molecule has 2 aromatic rings. The summed E-state index contributed by atoms with van der Waals surface area (Å²) in [6.07, 6.45) is 0. The third-order valence-corrected chi connectivity index (χ3v) is 4.61. The highest BCUT2D eigenvalue weighted by Crippen LogP contribution is 2.39. The molecule has 0 fully saturated rings. The lowest BCUT2D eigenvalue weighted by atomic mass is 10.0. The van der Waals surface area contributed by atoms with Crippen LogP contribution < -0.4 is 14.8 Å². The third-order valence-electron chi connectivity index (χ3n) is 3.24. The average Bonchev–Trinajstić information content (AvgIpc) is 2.85. The van der Waals surface area contributed by atoms with Crippen molar-refractivity contribution in [1.29, 1.82) is 0 Å². The topological polar surface area (TPSA) is 30.5 Å². The van der Waals surface area contributed by atoms with Crippen molar-refractivity contribution in [2.45, 2.75) is 13.0 Å². The number of ether oxygens (including phenoxy) is 2. The minimum Gasteiger partial charge on any atom is -0.493 e. The van der Waals surface area contributed by atoms with Crippen LogP contribution in [0.5, 0.6) is 11.5 Å². The molecule has 108 valence electrons. The molecule has 1 aromatic heterocycles. The van der Waals surface area contributed by atoms with E-state index in [2.05, 4.69) is 23.7 Å². The average molecular weight is 312 g/mol. The number of rotatable bonds is 5. The van der Waals surface area contributed by atoms with Crippen molar-refractivity contribution >= 4 is 22.9 Å². The molecule has 0 bridgehead atoms. The molecule has 0 aliphatic heterocycles. The molecule has 0 saturated heterocycles. The maximum atomic E-state index is 6.29. The van der Waals surface area contributed by atoms with Crippen molar-refractivity contribution < 1.29 is 9.47 Å². The van der Waals surface area contributed by atoms with E-state index < -0.39 is 0 Å². The molecular formula is C15H18ClNO2S. The van der Waals surface area contributed by atoms with Crippen molar-refractivity contribution in [3.63, 3.8) is 0 Å². The monoisotopic (exact) mass is 311 g/mol. The van der Waals surface area contributed by atoms with Gasteiger partial charge in [-0.3, -0.25) is 0 Å². The zero-order chi connectivity index (χ0) is 14.7. The molecule has 1 aromatic carbocycles. The second kappa shape index (κ2) is 6.48. The molecule has 0 aliphatic carbocycles. The van der Waals surface area contributed by atoms with Gasteiger partial charge in [0.1, 0.15) is 0 Å². The van der Waals surface area contributed by atoms with E-state index in [9.17, 15) is 0 Å². The first-order valence-corrected chi connectivity index (χ1v) is 7.50. The summed E-state index contributed by atoms with van der Waals surface area (Å²) in [5.41, 5.74) is 2.32.